The molecule has 1 saturated heterocycles. The summed E-state index contributed by atoms with van der Waals surface area (Å²) in [6.07, 6.45) is 19.9. The van der Waals surface area contributed by atoms with Crippen LogP contribution < -0.4 is 5.32 Å². The fourth-order valence-corrected chi connectivity index (χ4v) is 5.50. The first-order valence-electron chi connectivity index (χ1n) is 12.7. The molecule has 1 amide bonds. The monoisotopic (exact) mass is 437 g/mol. The molecule has 0 unspecified atom stereocenters. The molecule has 32 heavy (non-hydrogen) atoms. The highest BCUT2D eigenvalue weighted by atomic mass is 16.1. The van der Waals surface area contributed by atoms with Crippen LogP contribution in [0.2, 0.25) is 0 Å². The van der Waals surface area contributed by atoms with Gasteiger partial charge in [0.25, 0.3) is 5.91 Å². The first-order chi connectivity index (χ1) is 15.7. The number of amides is 1. The van der Waals surface area contributed by atoms with Gasteiger partial charge in [0.05, 0.1) is 5.56 Å². The maximum absolute atomic E-state index is 13.0. The highest BCUT2D eigenvalue weighted by Crippen LogP contribution is 2.28. The van der Waals surface area contributed by atoms with Gasteiger partial charge in [-0.3, -0.25) is 9.36 Å². The third-order valence-corrected chi connectivity index (χ3v) is 7.32. The number of carbonyl (C=O) groups excluding carboxylic acids is 1. The highest BCUT2D eigenvalue weighted by Gasteiger charge is 2.30. The Balaban J connectivity index is 1.31. The lowest BCUT2D eigenvalue weighted by Crippen LogP contribution is -2.48. The molecule has 1 N–H and O–H groups in total. The molecule has 2 aromatic rings. The zero-order chi connectivity index (χ0) is 22.2. The van der Waals surface area contributed by atoms with Crippen LogP contribution in [-0.2, 0) is 0 Å². The topological polar surface area (TPSA) is 63.1 Å². The number of rotatable bonds is 9. The van der Waals surface area contributed by atoms with Gasteiger partial charge >= 0.3 is 0 Å². The van der Waals surface area contributed by atoms with E-state index in [-0.39, 0.29) is 11.9 Å². The Kier molecular flexibility index (Phi) is 8.32. The number of piperidine rings is 1. The largest absolute Gasteiger partial charge is 0.349 e. The molecule has 6 nitrogen and oxygen atoms in total. The maximum atomic E-state index is 13.0. The van der Waals surface area contributed by atoms with Crippen LogP contribution in [0.25, 0.3) is 5.82 Å². The standard InChI is InChI=1S/C26H39N5O/c1-2-3-4-8-21-9-7-15-30(18-21)19-23-10-5-6-11-24(23)29-26(32)22-12-13-25(28-17-22)31-16-14-27-20-31/h12-14,16-17,20-21,23-24H,2-11,15,18-19H2,1H3,(H,29,32)/t21-,23+,24-/m1/s1. The van der Waals surface area contributed by atoms with Crippen LogP contribution in [0.5, 0.6) is 0 Å². The van der Waals surface area contributed by atoms with E-state index in [1.807, 2.05) is 22.9 Å². The summed E-state index contributed by atoms with van der Waals surface area (Å²) in [5, 5.41) is 3.36. The van der Waals surface area contributed by atoms with Crippen molar-refractivity contribution in [3.63, 3.8) is 0 Å². The summed E-state index contributed by atoms with van der Waals surface area (Å²) in [6.45, 7) is 5.89. The summed E-state index contributed by atoms with van der Waals surface area (Å²) >= 11 is 0. The Morgan fingerprint density at radius 1 is 1.16 bits per heavy atom. The van der Waals surface area contributed by atoms with E-state index < -0.39 is 0 Å². The Bertz CT molecular complexity index is 819. The van der Waals surface area contributed by atoms with Gasteiger partial charge in [0.15, 0.2) is 0 Å². The van der Waals surface area contributed by atoms with Crippen LogP contribution in [0.15, 0.2) is 37.1 Å². The van der Waals surface area contributed by atoms with Crippen molar-refractivity contribution < 1.29 is 4.79 Å². The number of imidazole rings is 1. The fraction of sp³-hybridized carbons (Fsp3) is 0.654. The molecule has 0 aromatic carbocycles. The molecule has 1 saturated carbocycles. The predicted octanol–water partition coefficient (Wildman–Crippen LogP) is 4.85. The van der Waals surface area contributed by atoms with Gasteiger partial charge in [0, 0.05) is 37.7 Å². The number of hydrogen-bond donors (Lipinski definition) is 1. The number of aromatic nitrogens is 3. The number of nitrogens with one attached hydrogen (secondary N) is 1. The van der Waals surface area contributed by atoms with E-state index in [4.69, 9.17) is 0 Å². The molecule has 0 radical (unpaired) electrons. The third-order valence-electron chi connectivity index (χ3n) is 7.32. The van der Waals surface area contributed by atoms with E-state index in [0.29, 0.717) is 11.5 Å². The van der Waals surface area contributed by atoms with Crippen LogP contribution in [0.4, 0.5) is 0 Å². The predicted molar refractivity (Wildman–Crippen MR) is 128 cm³/mol. The van der Waals surface area contributed by atoms with Crippen molar-refractivity contribution in [1.29, 1.82) is 0 Å². The molecule has 3 heterocycles. The van der Waals surface area contributed by atoms with E-state index in [2.05, 4.69) is 27.1 Å². The molecule has 0 spiro atoms. The van der Waals surface area contributed by atoms with Crippen molar-refractivity contribution in [2.45, 2.75) is 77.2 Å². The van der Waals surface area contributed by atoms with Crippen LogP contribution in [-0.4, -0.2) is 51.0 Å². The van der Waals surface area contributed by atoms with E-state index in [0.717, 1.165) is 24.7 Å². The van der Waals surface area contributed by atoms with Crippen LogP contribution in [0, 0.1) is 11.8 Å². The molecule has 4 rings (SSSR count). The third kappa shape index (κ3) is 6.18. The summed E-state index contributed by atoms with van der Waals surface area (Å²) in [5.41, 5.74) is 0.632. The molecule has 6 heteroatoms. The Hall–Kier alpha value is -2.21. The molecular formula is C26H39N5O. The van der Waals surface area contributed by atoms with Crippen molar-refractivity contribution in [1.82, 2.24) is 24.8 Å². The van der Waals surface area contributed by atoms with Crippen molar-refractivity contribution in [3.8, 4) is 5.82 Å². The molecule has 2 fully saturated rings. The lowest BCUT2D eigenvalue weighted by Gasteiger charge is -2.39. The van der Waals surface area contributed by atoms with E-state index in [9.17, 15) is 4.79 Å². The second-order valence-corrected chi connectivity index (χ2v) is 9.76. The number of carbonyl (C=O) groups is 1. The maximum Gasteiger partial charge on any atom is 0.253 e. The van der Waals surface area contributed by atoms with Crippen molar-refractivity contribution in [2.75, 3.05) is 19.6 Å². The summed E-state index contributed by atoms with van der Waals surface area (Å²) in [6, 6.07) is 4.01. The van der Waals surface area contributed by atoms with Gasteiger partial charge in [0.1, 0.15) is 12.1 Å². The minimum atomic E-state index is 0.00247. The van der Waals surface area contributed by atoms with Gasteiger partial charge in [-0.1, -0.05) is 39.0 Å². The van der Waals surface area contributed by atoms with Crippen LogP contribution in [0.3, 0.4) is 0 Å². The van der Waals surface area contributed by atoms with Crippen molar-refractivity contribution in [2.24, 2.45) is 11.8 Å². The Labute approximate surface area is 192 Å². The van der Waals surface area contributed by atoms with Gasteiger partial charge in [-0.15, -0.1) is 0 Å². The lowest BCUT2D eigenvalue weighted by atomic mass is 9.83. The first-order valence-corrected chi connectivity index (χ1v) is 12.7. The average molecular weight is 438 g/mol. The number of nitrogens with zero attached hydrogens (tertiary/aromatic N) is 4. The van der Waals surface area contributed by atoms with Crippen LogP contribution in [0.1, 0.15) is 81.5 Å². The number of pyridine rings is 1. The minimum Gasteiger partial charge on any atom is -0.349 e. The van der Waals surface area contributed by atoms with E-state index in [1.54, 1.807) is 18.7 Å². The second-order valence-electron chi connectivity index (χ2n) is 9.76. The van der Waals surface area contributed by atoms with Crippen LogP contribution >= 0.6 is 0 Å². The molecule has 2 aromatic heterocycles. The van der Waals surface area contributed by atoms with Gasteiger partial charge in [0.2, 0.25) is 0 Å². The van der Waals surface area contributed by atoms with E-state index >= 15 is 0 Å². The Morgan fingerprint density at radius 2 is 2.06 bits per heavy atom. The average Bonchev–Trinajstić information content (AvgIpc) is 3.36. The van der Waals surface area contributed by atoms with Crippen molar-refractivity contribution >= 4 is 5.91 Å². The zero-order valence-corrected chi connectivity index (χ0v) is 19.6. The SMILES string of the molecule is CCCCC[C@@H]1CCCN(C[C@@H]2CCCC[C@H]2NC(=O)c2ccc(-n3ccnc3)nc2)C1. The number of unbranched alkanes of at least 4 members (excludes halogenated alkanes) is 2. The lowest BCUT2D eigenvalue weighted by molar-refractivity contribution is 0.0852. The second kappa shape index (κ2) is 11.6. The summed E-state index contributed by atoms with van der Waals surface area (Å²) in [7, 11) is 0. The minimum absolute atomic E-state index is 0.00247. The molecule has 1 aliphatic carbocycles. The first kappa shape index (κ1) is 23.0. The molecule has 174 valence electrons. The number of likely N-dealkylation sites (tertiary alicyclic amines) is 1. The molecular weight excluding hydrogens is 398 g/mol. The fourth-order valence-electron chi connectivity index (χ4n) is 5.50. The van der Waals surface area contributed by atoms with E-state index in [1.165, 1.54) is 70.9 Å². The quantitative estimate of drug-likeness (QED) is 0.570. The highest BCUT2D eigenvalue weighted by molar-refractivity contribution is 5.94. The molecule has 1 aliphatic heterocycles. The smallest absolute Gasteiger partial charge is 0.253 e. The van der Waals surface area contributed by atoms with Gasteiger partial charge in [-0.25, -0.2) is 9.97 Å². The summed E-state index contributed by atoms with van der Waals surface area (Å²) < 4.78 is 1.84. The van der Waals surface area contributed by atoms with Crippen molar-refractivity contribution in [3.05, 3.63) is 42.6 Å². The number of hydrogen-bond acceptors (Lipinski definition) is 4. The Morgan fingerprint density at radius 3 is 2.84 bits per heavy atom. The van der Waals surface area contributed by atoms with Gasteiger partial charge in [-0.2, -0.15) is 0 Å². The van der Waals surface area contributed by atoms with Gasteiger partial charge in [-0.05, 0) is 62.6 Å². The molecule has 2 aliphatic rings. The van der Waals surface area contributed by atoms with Gasteiger partial charge < -0.3 is 10.2 Å². The molecule has 0 bridgehead atoms. The molecule has 3 atom stereocenters. The zero-order valence-electron chi connectivity index (χ0n) is 19.6. The summed E-state index contributed by atoms with van der Waals surface area (Å²) in [4.78, 5) is 24.1. The summed E-state index contributed by atoms with van der Waals surface area (Å²) in [5.74, 6) is 2.20. The normalized spacial score (nSPS) is 24.3.